The molecule has 0 unspecified atom stereocenters. The van der Waals surface area contributed by atoms with Crippen LogP contribution in [0.15, 0.2) is 54.6 Å². The number of para-hydroxylation sites is 1. The minimum absolute atomic E-state index is 0.0660. The van der Waals surface area contributed by atoms with E-state index in [0.717, 1.165) is 18.6 Å². The van der Waals surface area contributed by atoms with Crippen LogP contribution >= 0.6 is 0 Å². The summed E-state index contributed by atoms with van der Waals surface area (Å²) in [4.78, 5) is 11.8. The highest BCUT2D eigenvalue weighted by Gasteiger charge is 2.03. The molecule has 2 rings (SSSR count). The molecule has 22 heavy (non-hydrogen) atoms. The summed E-state index contributed by atoms with van der Waals surface area (Å²) in [6, 6.07) is 18.1. The molecule has 0 spiro atoms. The van der Waals surface area contributed by atoms with E-state index in [4.69, 9.17) is 4.74 Å². The van der Waals surface area contributed by atoms with Crippen molar-refractivity contribution in [3.63, 3.8) is 0 Å². The van der Waals surface area contributed by atoms with Gasteiger partial charge in [0.25, 0.3) is 0 Å². The van der Waals surface area contributed by atoms with Gasteiger partial charge in [-0.25, -0.2) is 0 Å². The summed E-state index contributed by atoms with van der Waals surface area (Å²) in [6.45, 7) is 3.13. The molecular formula is C19H23NO2. The molecule has 0 saturated heterocycles. The van der Waals surface area contributed by atoms with Crippen molar-refractivity contribution in [2.24, 2.45) is 0 Å². The lowest BCUT2D eigenvalue weighted by Gasteiger charge is -2.11. The van der Waals surface area contributed by atoms with Crippen LogP contribution in [-0.4, -0.2) is 19.1 Å². The number of aryl methyl sites for hydroxylation is 2. The van der Waals surface area contributed by atoms with Crippen LogP contribution in [0.5, 0.6) is 5.75 Å². The fourth-order valence-corrected chi connectivity index (χ4v) is 2.28. The molecule has 0 aliphatic rings. The molecule has 2 aromatic carbocycles. The van der Waals surface area contributed by atoms with Crippen molar-refractivity contribution in [3.8, 4) is 5.75 Å². The number of hydrogen-bond acceptors (Lipinski definition) is 2. The zero-order chi connectivity index (χ0) is 15.6. The number of benzene rings is 2. The normalized spacial score (nSPS) is 10.2. The molecule has 0 aromatic heterocycles. The number of carbonyl (C=O) groups excluding carboxylic acids is 1. The van der Waals surface area contributed by atoms with E-state index in [2.05, 4.69) is 18.3 Å². The van der Waals surface area contributed by atoms with Crippen LogP contribution in [0.1, 0.15) is 24.5 Å². The Labute approximate surface area is 132 Å². The largest absolute Gasteiger partial charge is 0.491 e. The van der Waals surface area contributed by atoms with E-state index < -0.39 is 0 Å². The summed E-state index contributed by atoms with van der Waals surface area (Å²) in [7, 11) is 0. The molecular weight excluding hydrogens is 274 g/mol. The minimum atomic E-state index is 0.0660. The van der Waals surface area contributed by atoms with E-state index in [0.29, 0.717) is 19.6 Å². The molecule has 116 valence electrons. The highest BCUT2D eigenvalue weighted by Crippen LogP contribution is 2.17. The van der Waals surface area contributed by atoms with Gasteiger partial charge in [0.15, 0.2) is 0 Å². The van der Waals surface area contributed by atoms with Gasteiger partial charge in [0.05, 0.1) is 6.54 Å². The number of hydrogen-bond donors (Lipinski definition) is 1. The second kappa shape index (κ2) is 8.88. The zero-order valence-corrected chi connectivity index (χ0v) is 13.0. The van der Waals surface area contributed by atoms with Gasteiger partial charge in [0, 0.05) is 6.42 Å². The van der Waals surface area contributed by atoms with E-state index in [1.165, 1.54) is 11.1 Å². The second-order valence-electron chi connectivity index (χ2n) is 5.15. The maximum absolute atomic E-state index is 11.8. The van der Waals surface area contributed by atoms with Gasteiger partial charge in [-0.2, -0.15) is 0 Å². The monoisotopic (exact) mass is 297 g/mol. The van der Waals surface area contributed by atoms with Crippen molar-refractivity contribution in [1.29, 1.82) is 0 Å². The molecule has 3 heteroatoms. The van der Waals surface area contributed by atoms with Gasteiger partial charge in [0.2, 0.25) is 5.91 Å². The van der Waals surface area contributed by atoms with Gasteiger partial charge in [-0.3, -0.25) is 4.79 Å². The SMILES string of the molecule is CCc1ccccc1OCCNC(=O)CCc1ccccc1. The van der Waals surface area contributed by atoms with Gasteiger partial charge in [0.1, 0.15) is 12.4 Å². The van der Waals surface area contributed by atoms with Gasteiger partial charge >= 0.3 is 0 Å². The molecule has 1 amide bonds. The van der Waals surface area contributed by atoms with E-state index in [-0.39, 0.29) is 5.91 Å². The van der Waals surface area contributed by atoms with Gasteiger partial charge in [-0.1, -0.05) is 55.5 Å². The molecule has 3 nitrogen and oxygen atoms in total. The lowest BCUT2D eigenvalue weighted by Crippen LogP contribution is -2.28. The fraction of sp³-hybridized carbons (Fsp3) is 0.316. The van der Waals surface area contributed by atoms with Crippen LogP contribution in [0.2, 0.25) is 0 Å². The Balaban J connectivity index is 1.65. The number of ether oxygens (including phenoxy) is 1. The Morgan fingerprint density at radius 3 is 2.55 bits per heavy atom. The summed E-state index contributed by atoms with van der Waals surface area (Å²) in [6.07, 6.45) is 2.22. The van der Waals surface area contributed by atoms with Crippen molar-refractivity contribution < 1.29 is 9.53 Å². The first-order valence-electron chi connectivity index (χ1n) is 7.81. The molecule has 0 fully saturated rings. The average molecular weight is 297 g/mol. The van der Waals surface area contributed by atoms with E-state index >= 15 is 0 Å². The third-order valence-corrected chi connectivity index (χ3v) is 3.52. The summed E-state index contributed by atoms with van der Waals surface area (Å²) in [5.41, 5.74) is 2.38. The molecule has 0 bridgehead atoms. The van der Waals surface area contributed by atoms with Gasteiger partial charge in [-0.05, 0) is 30.0 Å². The Kier molecular flexibility index (Phi) is 6.49. The van der Waals surface area contributed by atoms with E-state index in [1.54, 1.807) is 0 Å². The van der Waals surface area contributed by atoms with Crippen molar-refractivity contribution in [2.45, 2.75) is 26.2 Å². The fourth-order valence-electron chi connectivity index (χ4n) is 2.28. The lowest BCUT2D eigenvalue weighted by atomic mass is 10.1. The third-order valence-electron chi connectivity index (χ3n) is 3.52. The van der Waals surface area contributed by atoms with Crippen LogP contribution in [-0.2, 0) is 17.6 Å². The molecule has 0 aliphatic heterocycles. The van der Waals surface area contributed by atoms with Crippen molar-refractivity contribution in [1.82, 2.24) is 5.32 Å². The van der Waals surface area contributed by atoms with Crippen molar-refractivity contribution in [3.05, 3.63) is 65.7 Å². The summed E-state index contributed by atoms with van der Waals surface area (Å²) < 4.78 is 5.73. The Bertz CT molecular complexity index is 581. The molecule has 0 saturated carbocycles. The molecule has 0 atom stereocenters. The standard InChI is InChI=1S/C19H23NO2/c1-2-17-10-6-7-11-18(17)22-15-14-20-19(21)13-12-16-8-4-3-5-9-16/h3-11H,2,12-15H2,1H3,(H,20,21). The highest BCUT2D eigenvalue weighted by molar-refractivity contribution is 5.76. The van der Waals surface area contributed by atoms with Gasteiger partial charge < -0.3 is 10.1 Å². The quantitative estimate of drug-likeness (QED) is 0.759. The first-order chi connectivity index (χ1) is 10.8. The maximum Gasteiger partial charge on any atom is 0.220 e. The summed E-state index contributed by atoms with van der Waals surface area (Å²) >= 11 is 0. The molecule has 2 aromatic rings. The highest BCUT2D eigenvalue weighted by atomic mass is 16.5. The zero-order valence-electron chi connectivity index (χ0n) is 13.0. The van der Waals surface area contributed by atoms with Crippen LogP contribution in [0.4, 0.5) is 0 Å². The maximum atomic E-state index is 11.8. The molecule has 0 radical (unpaired) electrons. The topological polar surface area (TPSA) is 38.3 Å². The minimum Gasteiger partial charge on any atom is -0.491 e. The Morgan fingerprint density at radius 1 is 1.05 bits per heavy atom. The average Bonchev–Trinajstić information content (AvgIpc) is 2.58. The van der Waals surface area contributed by atoms with Crippen LogP contribution < -0.4 is 10.1 Å². The smallest absolute Gasteiger partial charge is 0.220 e. The molecule has 0 heterocycles. The van der Waals surface area contributed by atoms with Crippen LogP contribution in [0, 0.1) is 0 Å². The first kappa shape index (κ1) is 16.1. The van der Waals surface area contributed by atoms with Crippen molar-refractivity contribution in [2.75, 3.05) is 13.2 Å². The number of amides is 1. The summed E-state index contributed by atoms with van der Waals surface area (Å²) in [5, 5.41) is 2.90. The molecule has 0 aliphatic carbocycles. The predicted octanol–water partition coefficient (Wildman–Crippen LogP) is 3.38. The lowest BCUT2D eigenvalue weighted by molar-refractivity contribution is -0.121. The Morgan fingerprint density at radius 2 is 1.77 bits per heavy atom. The van der Waals surface area contributed by atoms with Crippen molar-refractivity contribution >= 4 is 5.91 Å². The van der Waals surface area contributed by atoms with Crippen LogP contribution in [0.3, 0.4) is 0 Å². The van der Waals surface area contributed by atoms with Crippen LogP contribution in [0.25, 0.3) is 0 Å². The van der Waals surface area contributed by atoms with E-state index in [1.807, 2.05) is 48.5 Å². The second-order valence-corrected chi connectivity index (χ2v) is 5.15. The third kappa shape index (κ3) is 5.24. The Hall–Kier alpha value is -2.29. The number of rotatable bonds is 8. The van der Waals surface area contributed by atoms with E-state index in [9.17, 15) is 4.79 Å². The number of nitrogens with one attached hydrogen (secondary N) is 1. The molecule has 1 N–H and O–H groups in total. The first-order valence-corrected chi connectivity index (χ1v) is 7.81. The summed E-state index contributed by atoms with van der Waals surface area (Å²) in [5.74, 6) is 0.972. The van der Waals surface area contributed by atoms with Gasteiger partial charge in [-0.15, -0.1) is 0 Å². The predicted molar refractivity (Wildman–Crippen MR) is 89.1 cm³/mol. The number of carbonyl (C=O) groups is 1.